The number of urea groups is 1. The van der Waals surface area contributed by atoms with Crippen molar-refractivity contribution in [2.24, 2.45) is 5.73 Å². The van der Waals surface area contributed by atoms with Crippen LogP contribution in [0.1, 0.15) is 32.1 Å². The zero-order valence-corrected chi connectivity index (χ0v) is 9.47. The van der Waals surface area contributed by atoms with Crippen molar-refractivity contribution in [2.75, 3.05) is 14.1 Å². The number of nitrogens with one attached hydrogen (secondary N) is 2. The minimum atomic E-state index is -0.598. The van der Waals surface area contributed by atoms with Gasteiger partial charge in [-0.2, -0.15) is 0 Å². The minimum Gasteiger partial charge on any atom is -0.386 e. The van der Waals surface area contributed by atoms with Crippen LogP contribution in [-0.4, -0.2) is 36.4 Å². The molecule has 0 atom stereocenters. The first-order valence-electron chi connectivity index (χ1n) is 5.32. The Hall–Kier alpha value is -1.26. The van der Waals surface area contributed by atoms with Crippen LogP contribution in [0.2, 0.25) is 0 Å². The molecule has 0 aromatic carbocycles. The fourth-order valence-electron chi connectivity index (χ4n) is 1.93. The van der Waals surface area contributed by atoms with Crippen LogP contribution >= 0.6 is 0 Å². The van der Waals surface area contributed by atoms with Crippen LogP contribution in [0.4, 0.5) is 4.79 Å². The molecule has 0 aromatic rings. The third kappa shape index (κ3) is 2.61. The highest BCUT2D eigenvalue weighted by Gasteiger charge is 2.36. The van der Waals surface area contributed by atoms with Gasteiger partial charge in [0.25, 0.3) is 0 Å². The Morgan fingerprint density at radius 3 is 2.27 bits per heavy atom. The molecule has 0 bridgehead atoms. The van der Waals surface area contributed by atoms with Crippen molar-refractivity contribution < 1.29 is 4.79 Å². The smallest absolute Gasteiger partial charge is 0.317 e. The molecule has 0 spiro atoms. The molecule has 0 heterocycles. The van der Waals surface area contributed by atoms with Gasteiger partial charge in [0.1, 0.15) is 5.84 Å². The molecule has 0 aromatic heterocycles. The van der Waals surface area contributed by atoms with Gasteiger partial charge in [-0.25, -0.2) is 4.79 Å². The van der Waals surface area contributed by atoms with Gasteiger partial charge in [-0.1, -0.05) is 19.3 Å². The van der Waals surface area contributed by atoms with Crippen molar-refractivity contribution in [1.82, 2.24) is 10.2 Å². The Balaban J connectivity index is 2.73. The first-order valence-corrected chi connectivity index (χ1v) is 5.32. The quantitative estimate of drug-likeness (QED) is 0.469. The molecule has 0 radical (unpaired) electrons. The molecule has 4 N–H and O–H groups in total. The number of nitrogens with zero attached hydrogens (tertiary/aromatic N) is 1. The van der Waals surface area contributed by atoms with E-state index >= 15 is 0 Å². The standard InChI is InChI=1S/C10H20N4O/c1-14(2)9(15)13-10(8(11)12)6-4-3-5-7-10/h3-7H2,1-2H3,(H3,11,12)(H,13,15). The summed E-state index contributed by atoms with van der Waals surface area (Å²) in [5, 5.41) is 10.5. The first kappa shape index (κ1) is 11.8. The maximum absolute atomic E-state index is 11.6. The Labute approximate surface area is 90.5 Å². The molecule has 0 saturated heterocycles. The number of nitrogens with two attached hydrogens (primary N) is 1. The summed E-state index contributed by atoms with van der Waals surface area (Å²) in [5.41, 5.74) is 5.00. The number of carbonyl (C=O) groups excluding carboxylic acids is 1. The van der Waals surface area contributed by atoms with E-state index in [0.29, 0.717) is 0 Å². The summed E-state index contributed by atoms with van der Waals surface area (Å²) in [4.78, 5) is 13.1. The Bertz CT molecular complexity index is 256. The summed E-state index contributed by atoms with van der Waals surface area (Å²) >= 11 is 0. The lowest BCUT2D eigenvalue weighted by atomic mass is 9.81. The molecule has 1 aliphatic carbocycles. The number of carbonyl (C=O) groups is 1. The summed E-state index contributed by atoms with van der Waals surface area (Å²) in [6.45, 7) is 0. The molecule has 86 valence electrons. The van der Waals surface area contributed by atoms with E-state index in [-0.39, 0.29) is 11.9 Å². The fourth-order valence-corrected chi connectivity index (χ4v) is 1.93. The lowest BCUT2D eigenvalue weighted by Crippen LogP contribution is -2.59. The molecular formula is C10H20N4O. The molecule has 1 rings (SSSR count). The van der Waals surface area contributed by atoms with E-state index in [0.717, 1.165) is 32.1 Å². The maximum Gasteiger partial charge on any atom is 0.317 e. The molecule has 1 aliphatic rings. The normalized spacial score (nSPS) is 19.3. The summed E-state index contributed by atoms with van der Waals surface area (Å²) in [7, 11) is 3.37. The molecule has 15 heavy (non-hydrogen) atoms. The lowest BCUT2D eigenvalue weighted by Gasteiger charge is -2.37. The average Bonchev–Trinajstić information content (AvgIpc) is 2.18. The second-order valence-corrected chi connectivity index (χ2v) is 4.38. The number of amides is 2. The van der Waals surface area contributed by atoms with Gasteiger partial charge in [0, 0.05) is 14.1 Å². The van der Waals surface area contributed by atoms with Crippen LogP contribution in [0, 0.1) is 5.41 Å². The lowest BCUT2D eigenvalue weighted by molar-refractivity contribution is 0.201. The number of amidine groups is 1. The SMILES string of the molecule is CN(C)C(=O)NC1(C(=N)N)CCCCC1. The summed E-state index contributed by atoms with van der Waals surface area (Å²) in [6, 6.07) is -0.174. The highest BCUT2D eigenvalue weighted by atomic mass is 16.2. The Morgan fingerprint density at radius 2 is 1.87 bits per heavy atom. The van der Waals surface area contributed by atoms with Crippen LogP contribution in [0.25, 0.3) is 0 Å². The van der Waals surface area contributed by atoms with Gasteiger partial charge in [-0.3, -0.25) is 5.41 Å². The Morgan fingerprint density at radius 1 is 1.33 bits per heavy atom. The summed E-state index contributed by atoms with van der Waals surface area (Å²) in [6.07, 6.45) is 4.76. The summed E-state index contributed by atoms with van der Waals surface area (Å²) < 4.78 is 0. The third-order valence-corrected chi connectivity index (χ3v) is 2.98. The van der Waals surface area contributed by atoms with Crippen LogP contribution < -0.4 is 11.1 Å². The molecule has 5 heteroatoms. The summed E-state index contributed by atoms with van der Waals surface area (Å²) in [5.74, 6) is 0.0809. The monoisotopic (exact) mass is 212 g/mol. The van der Waals surface area contributed by atoms with Gasteiger partial charge < -0.3 is 16.0 Å². The van der Waals surface area contributed by atoms with E-state index in [1.54, 1.807) is 14.1 Å². The maximum atomic E-state index is 11.6. The second kappa shape index (κ2) is 4.51. The third-order valence-electron chi connectivity index (χ3n) is 2.98. The van der Waals surface area contributed by atoms with E-state index in [2.05, 4.69) is 5.32 Å². The molecule has 1 fully saturated rings. The highest BCUT2D eigenvalue weighted by molar-refractivity contribution is 5.91. The van der Waals surface area contributed by atoms with Crippen LogP contribution in [0.15, 0.2) is 0 Å². The Kier molecular flexibility index (Phi) is 3.55. The van der Waals surface area contributed by atoms with Crippen molar-refractivity contribution in [2.45, 2.75) is 37.6 Å². The van der Waals surface area contributed by atoms with Gasteiger partial charge in [-0.15, -0.1) is 0 Å². The fraction of sp³-hybridized carbons (Fsp3) is 0.800. The predicted molar refractivity (Wildman–Crippen MR) is 59.9 cm³/mol. The van der Waals surface area contributed by atoms with Crippen molar-refractivity contribution in [3.05, 3.63) is 0 Å². The number of hydrogen-bond donors (Lipinski definition) is 3. The molecular weight excluding hydrogens is 192 g/mol. The largest absolute Gasteiger partial charge is 0.386 e. The molecule has 0 unspecified atom stereocenters. The molecule has 0 aliphatic heterocycles. The minimum absolute atomic E-state index is 0.0809. The van der Waals surface area contributed by atoms with Gasteiger partial charge >= 0.3 is 6.03 Å². The zero-order chi connectivity index (χ0) is 11.5. The van der Waals surface area contributed by atoms with Crippen molar-refractivity contribution in [3.8, 4) is 0 Å². The number of hydrogen-bond acceptors (Lipinski definition) is 2. The van der Waals surface area contributed by atoms with Crippen molar-refractivity contribution in [1.29, 1.82) is 5.41 Å². The van der Waals surface area contributed by atoms with Crippen LogP contribution in [0.5, 0.6) is 0 Å². The molecule has 1 saturated carbocycles. The van der Waals surface area contributed by atoms with E-state index in [4.69, 9.17) is 11.1 Å². The van der Waals surface area contributed by atoms with Gasteiger partial charge in [0.05, 0.1) is 5.54 Å². The van der Waals surface area contributed by atoms with Gasteiger partial charge in [0.2, 0.25) is 0 Å². The zero-order valence-electron chi connectivity index (χ0n) is 9.47. The van der Waals surface area contributed by atoms with Crippen LogP contribution in [0.3, 0.4) is 0 Å². The van der Waals surface area contributed by atoms with Crippen molar-refractivity contribution >= 4 is 11.9 Å². The van der Waals surface area contributed by atoms with E-state index in [9.17, 15) is 4.79 Å². The topological polar surface area (TPSA) is 82.2 Å². The predicted octanol–water partition coefficient (Wildman–Crippen LogP) is 0.896. The van der Waals surface area contributed by atoms with E-state index in [1.807, 2.05) is 0 Å². The average molecular weight is 212 g/mol. The van der Waals surface area contributed by atoms with Crippen molar-refractivity contribution in [3.63, 3.8) is 0 Å². The first-order chi connectivity index (χ1) is 6.98. The van der Waals surface area contributed by atoms with Gasteiger partial charge in [0.15, 0.2) is 0 Å². The molecule has 2 amide bonds. The molecule has 5 nitrogen and oxygen atoms in total. The van der Waals surface area contributed by atoms with Crippen LogP contribution in [-0.2, 0) is 0 Å². The highest BCUT2D eigenvalue weighted by Crippen LogP contribution is 2.28. The second-order valence-electron chi connectivity index (χ2n) is 4.38. The van der Waals surface area contributed by atoms with E-state index < -0.39 is 5.54 Å². The number of rotatable bonds is 2. The van der Waals surface area contributed by atoms with Gasteiger partial charge in [-0.05, 0) is 12.8 Å². The van der Waals surface area contributed by atoms with E-state index in [1.165, 1.54) is 4.90 Å².